The Hall–Kier alpha value is -1.79. The van der Waals surface area contributed by atoms with E-state index in [1.165, 1.54) is 0 Å². The number of carbonyl (C=O) groups excluding carboxylic acids is 1. The third-order valence-electron chi connectivity index (χ3n) is 4.24. The molecule has 1 atom stereocenters. The first-order valence-corrected chi connectivity index (χ1v) is 8.90. The van der Waals surface area contributed by atoms with Crippen molar-refractivity contribution in [1.29, 1.82) is 0 Å². The monoisotopic (exact) mass is 351 g/mol. The predicted molar refractivity (Wildman–Crippen MR) is 95.5 cm³/mol. The van der Waals surface area contributed by atoms with Gasteiger partial charge < -0.3 is 23.8 Å². The van der Waals surface area contributed by atoms with E-state index in [4.69, 9.17) is 18.9 Å². The largest absolute Gasteiger partial charge is 0.493 e. The van der Waals surface area contributed by atoms with E-state index >= 15 is 0 Å². The molecular weight excluding hydrogens is 322 g/mol. The number of likely N-dealkylation sites (tertiary alicyclic amines) is 1. The van der Waals surface area contributed by atoms with Crippen molar-refractivity contribution in [2.24, 2.45) is 0 Å². The number of benzene rings is 1. The van der Waals surface area contributed by atoms with Crippen molar-refractivity contribution in [3.63, 3.8) is 0 Å². The molecule has 1 aromatic carbocycles. The molecule has 1 unspecified atom stereocenters. The van der Waals surface area contributed by atoms with Gasteiger partial charge in [0.05, 0.1) is 33.0 Å². The molecule has 0 aromatic heterocycles. The van der Waals surface area contributed by atoms with Crippen molar-refractivity contribution in [1.82, 2.24) is 4.90 Å². The molecule has 0 aliphatic carbocycles. The first kappa shape index (κ1) is 19.5. The molecule has 25 heavy (non-hydrogen) atoms. The normalized spacial score (nSPS) is 16.9. The highest BCUT2D eigenvalue weighted by Gasteiger charge is 2.28. The van der Waals surface area contributed by atoms with E-state index in [1.807, 2.05) is 11.0 Å². The Bertz CT molecular complexity index is 549. The van der Waals surface area contributed by atoms with Gasteiger partial charge in [0.2, 0.25) is 0 Å². The molecule has 0 radical (unpaired) electrons. The molecule has 140 valence electrons. The van der Waals surface area contributed by atoms with Crippen LogP contribution in [0.25, 0.3) is 0 Å². The van der Waals surface area contributed by atoms with E-state index in [0.29, 0.717) is 50.0 Å². The molecule has 1 heterocycles. The number of nitrogens with zero attached hydrogens (tertiary/aromatic N) is 1. The van der Waals surface area contributed by atoms with E-state index in [1.54, 1.807) is 26.4 Å². The van der Waals surface area contributed by atoms with Gasteiger partial charge in [-0.2, -0.15) is 0 Å². The molecule has 0 spiro atoms. The standard InChI is InChI=1S/C19H29NO5/c1-4-5-10-25-17-7-6-15(13-18(17)23-3)19(21)20-9-8-16(14-20)24-12-11-22-2/h6-7,13,16H,4-5,8-12,14H2,1-3H3. The first-order chi connectivity index (χ1) is 12.2. The van der Waals surface area contributed by atoms with Crippen LogP contribution in [-0.4, -0.2) is 64.0 Å². The highest BCUT2D eigenvalue weighted by molar-refractivity contribution is 5.95. The lowest BCUT2D eigenvalue weighted by Gasteiger charge is -2.18. The summed E-state index contributed by atoms with van der Waals surface area (Å²) in [6.45, 7) is 5.20. The average Bonchev–Trinajstić information content (AvgIpc) is 3.10. The third-order valence-corrected chi connectivity index (χ3v) is 4.24. The number of rotatable bonds is 10. The Morgan fingerprint density at radius 2 is 2.04 bits per heavy atom. The Labute approximate surface area is 150 Å². The van der Waals surface area contributed by atoms with Crippen LogP contribution in [0.3, 0.4) is 0 Å². The van der Waals surface area contributed by atoms with Crippen molar-refractivity contribution in [2.75, 3.05) is 47.1 Å². The van der Waals surface area contributed by atoms with Crippen LogP contribution in [0.1, 0.15) is 36.5 Å². The molecule has 1 fully saturated rings. The number of amides is 1. The molecule has 2 rings (SSSR count). The zero-order valence-electron chi connectivity index (χ0n) is 15.5. The zero-order valence-corrected chi connectivity index (χ0v) is 15.5. The lowest BCUT2D eigenvalue weighted by molar-refractivity contribution is 0.0218. The zero-order chi connectivity index (χ0) is 18.1. The Kier molecular flexibility index (Phi) is 8.01. The summed E-state index contributed by atoms with van der Waals surface area (Å²) in [4.78, 5) is 14.5. The Morgan fingerprint density at radius 1 is 1.20 bits per heavy atom. The molecule has 1 aliphatic heterocycles. The molecule has 0 saturated carbocycles. The Morgan fingerprint density at radius 3 is 2.76 bits per heavy atom. The van der Waals surface area contributed by atoms with Gasteiger partial charge in [-0.1, -0.05) is 13.3 Å². The third kappa shape index (κ3) is 5.61. The molecule has 6 heteroatoms. The quantitative estimate of drug-likeness (QED) is 0.607. The number of hydrogen-bond acceptors (Lipinski definition) is 5. The SMILES string of the molecule is CCCCOc1ccc(C(=O)N2CCC(OCCOC)C2)cc1OC. The van der Waals surface area contributed by atoms with E-state index in [9.17, 15) is 4.79 Å². The number of unbranched alkanes of at least 4 members (excludes halogenated alkanes) is 1. The summed E-state index contributed by atoms with van der Waals surface area (Å²) in [5, 5.41) is 0. The van der Waals surface area contributed by atoms with Crippen LogP contribution in [0.4, 0.5) is 0 Å². The van der Waals surface area contributed by atoms with Gasteiger partial charge in [0.15, 0.2) is 11.5 Å². The van der Waals surface area contributed by atoms with E-state index < -0.39 is 0 Å². The second-order valence-corrected chi connectivity index (χ2v) is 6.09. The minimum absolute atomic E-state index is 0.00347. The summed E-state index contributed by atoms with van der Waals surface area (Å²) >= 11 is 0. The van der Waals surface area contributed by atoms with Gasteiger partial charge in [-0.05, 0) is 31.0 Å². The van der Waals surface area contributed by atoms with Crippen LogP contribution < -0.4 is 9.47 Å². The fourth-order valence-corrected chi connectivity index (χ4v) is 2.78. The maximum atomic E-state index is 12.7. The van der Waals surface area contributed by atoms with Gasteiger partial charge in [0.1, 0.15) is 0 Å². The molecule has 1 amide bonds. The lowest BCUT2D eigenvalue weighted by Crippen LogP contribution is -2.30. The van der Waals surface area contributed by atoms with E-state index in [-0.39, 0.29) is 12.0 Å². The van der Waals surface area contributed by atoms with E-state index in [0.717, 1.165) is 19.3 Å². The minimum Gasteiger partial charge on any atom is -0.493 e. The predicted octanol–water partition coefficient (Wildman–Crippen LogP) is 2.75. The molecule has 1 saturated heterocycles. The average molecular weight is 351 g/mol. The smallest absolute Gasteiger partial charge is 0.254 e. The van der Waals surface area contributed by atoms with Crippen LogP contribution in [-0.2, 0) is 9.47 Å². The van der Waals surface area contributed by atoms with Crippen LogP contribution in [0, 0.1) is 0 Å². The van der Waals surface area contributed by atoms with Gasteiger partial charge in [-0.3, -0.25) is 4.79 Å². The van der Waals surface area contributed by atoms with Crippen molar-refractivity contribution in [3.8, 4) is 11.5 Å². The van der Waals surface area contributed by atoms with Crippen LogP contribution in [0.5, 0.6) is 11.5 Å². The summed E-state index contributed by atoms with van der Waals surface area (Å²) in [7, 11) is 3.24. The summed E-state index contributed by atoms with van der Waals surface area (Å²) in [6.07, 6.45) is 2.99. The second-order valence-electron chi connectivity index (χ2n) is 6.09. The van der Waals surface area contributed by atoms with Gasteiger partial charge in [0, 0.05) is 25.8 Å². The fraction of sp³-hybridized carbons (Fsp3) is 0.632. The van der Waals surface area contributed by atoms with E-state index in [2.05, 4.69) is 6.92 Å². The first-order valence-electron chi connectivity index (χ1n) is 8.90. The lowest BCUT2D eigenvalue weighted by atomic mass is 10.1. The summed E-state index contributed by atoms with van der Waals surface area (Å²) < 4.78 is 21.8. The van der Waals surface area contributed by atoms with Gasteiger partial charge in [0.25, 0.3) is 5.91 Å². The van der Waals surface area contributed by atoms with Crippen molar-refractivity contribution >= 4 is 5.91 Å². The maximum absolute atomic E-state index is 12.7. The van der Waals surface area contributed by atoms with Gasteiger partial charge >= 0.3 is 0 Å². The van der Waals surface area contributed by atoms with Crippen molar-refractivity contribution in [3.05, 3.63) is 23.8 Å². The Balaban J connectivity index is 1.95. The fourth-order valence-electron chi connectivity index (χ4n) is 2.78. The summed E-state index contributed by atoms with van der Waals surface area (Å²) in [6, 6.07) is 5.36. The van der Waals surface area contributed by atoms with Crippen LogP contribution >= 0.6 is 0 Å². The maximum Gasteiger partial charge on any atom is 0.254 e. The molecule has 1 aromatic rings. The van der Waals surface area contributed by atoms with Gasteiger partial charge in [-0.15, -0.1) is 0 Å². The van der Waals surface area contributed by atoms with Crippen molar-refractivity contribution in [2.45, 2.75) is 32.3 Å². The number of hydrogen-bond donors (Lipinski definition) is 0. The number of ether oxygens (including phenoxy) is 4. The minimum atomic E-state index is -0.00347. The highest BCUT2D eigenvalue weighted by atomic mass is 16.5. The highest BCUT2D eigenvalue weighted by Crippen LogP contribution is 2.29. The summed E-state index contributed by atoms with van der Waals surface area (Å²) in [5.41, 5.74) is 0.609. The number of methoxy groups -OCH3 is 2. The molecule has 6 nitrogen and oxygen atoms in total. The summed E-state index contributed by atoms with van der Waals surface area (Å²) in [5.74, 6) is 1.26. The van der Waals surface area contributed by atoms with Crippen LogP contribution in [0.15, 0.2) is 18.2 Å². The van der Waals surface area contributed by atoms with Gasteiger partial charge in [-0.25, -0.2) is 0 Å². The van der Waals surface area contributed by atoms with Crippen molar-refractivity contribution < 1.29 is 23.7 Å². The second kappa shape index (κ2) is 10.3. The molecule has 0 N–H and O–H groups in total. The molecule has 1 aliphatic rings. The van der Waals surface area contributed by atoms with Crippen LogP contribution in [0.2, 0.25) is 0 Å². The molecule has 0 bridgehead atoms. The topological polar surface area (TPSA) is 57.2 Å². The molecular formula is C19H29NO5. The number of carbonyl (C=O) groups is 1.